The van der Waals surface area contributed by atoms with E-state index in [2.05, 4.69) is 0 Å². The Bertz CT molecular complexity index is 582. The zero-order valence-electron chi connectivity index (χ0n) is 8.58. The van der Waals surface area contributed by atoms with E-state index in [0.717, 1.165) is 12.1 Å². The lowest BCUT2D eigenvalue weighted by atomic mass is 10.0. The van der Waals surface area contributed by atoms with E-state index in [1.54, 1.807) is 6.07 Å². The van der Waals surface area contributed by atoms with Gasteiger partial charge in [-0.15, -0.1) is 0 Å². The molecule has 0 aliphatic heterocycles. The van der Waals surface area contributed by atoms with Gasteiger partial charge in [-0.25, -0.2) is 8.78 Å². The molecule has 0 atom stereocenters. The van der Waals surface area contributed by atoms with Gasteiger partial charge in [0.05, 0.1) is 5.02 Å². The van der Waals surface area contributed by atoms with Crippen molar-refractivity contribution in [1.29, 1.82) is 0 Å². The monoisotopic (exact) mass is 252 g/mol. The smallest absolute Gasteiger partial charge is 0.151 e. The Labute approximate surface area is 102 Å². The summed E-state index contributed by atoms with van der Waals surface area (Å²) in [5.41, 5.74) is 0.980. The number of hydrogen-bond donors (Lipinski definition) is 0. The molecule has 0 aliphatic rings. The minimum atomic E-state index is -0.677. The van der Waals surface area contributed by atoms with Crippen LogP contribution in [0.2, 0.25) is 5.02 Å². The molecule has 0 fully saturated rings. The molecular weight excluding hydrogens is 246 g/mol. The van der Waals surface area contributed by atoms with E-state index in [9.17, 15) is 13.6 Å². The van der Waals surface area contributed by atoms with Crippen molar-refractivity contribution in [1.82, 2.24) is 0 Å². The van der Waals surface area contributed by atoms with Gasteiger partial charge in [0.1, 0.15) is 11.6 Å². The highest BCUT2D eigenvalue weighted by Gasteiger charge is 2.08. The fraction of sp³-hybridized carbons (Fsp3) is 0. The van der Waals surface area contributed by atoms with Crippen molar-refractivity contribution in [2.45, 2.75) is 0 Å². The molecule has 1 nitrogen and oxygen atoms in total. The van der Waals surface area contributed by atoms with Crippen LogP contribution in [-0.4, -0.2) is 6.29 Å². The third-order valence-corrected chi connectivity index (χ3v) is 2.71. The minimum Gasteiger partial charge on any atom is -0.298 e. The lowest BCUT2D eigenvalue weighted by Gasteiger charge is -2.05. The van der Waals surface area contributed by atoms with Crippen LogP contribution in [0.3, 0.4) is 0 Å². The van der Waals surface area contributed by atoms with Crippen LogP contribution >= 0.6 is 11.6 Å². The average Bonchev–Trinajstić information content (AvgIpc) is 2.30. The van der Waals surface area contributed by atoms with Crippen molar-refractivity contribution >= 4 is 17.9 Å². The molecule has 0 heterocycles. The highest BCUT2D eigenvalue weighted by molar-refractivity contribution is 6.33. The summed E-state index contributed by atoms with van der Waals surface area (Å²) in [7, 11) is 0. The zero-order chi connectivity index (χ0) is 12.4. The Morgan fingerprint density at radius 2 is 1.82 bits per heavy atom. The van der Waals surface area contributed by atoms with Crippen molar-refractivity contribution < 1.29 is 13.6 Å². The Balaban J connectivity index is 2.56. The molecule has 0 N–H and O–H groups in total. The van der Waals surface area contributed by atoms with E-state index in [0.29, 0.717) is 16.9 Å². The highest BCUT2D eigenvalue weighted by Crippen LogP contribution is 2.26. The van der Waals surface area contributed by atoms with Gasteiger partial charge in [-0.2, -0.15) is 0 Å². The van der Waals surface area contributed by atoms with Gasteiger partial charge in [-0.1, -0.05) is 17.7 Å². The lowest BCUT2D eigenvalue weighted by molar-refractivity contribution is 0.112. The molecule has 0 saturated heterocycles. The Morgan fingerprint density at radius 3 is 2.47 bits per heavy atom. The molecule has 0 aromatic heterocycles. The fourth-order valence-corrected chi connectivity index (χ4v) is 1.69. The van der Waals surface area contributed by atoms with Gasteiger partial charge in [0.25, 0.3) is 0 Å². The van der Waals surface area contributed by atoms with Crippen LogP contribution in [0.1, 0.15) is 10.4 Å². The second-order valence-electron chi connectivity index (χ2n) is 3.48. The van der Waals surface area contributed by atoms with Crippen LogP contribution in [0, 0.1) is 11.6 Å². The van der Waals surface area contributed by atoms with Crippen molar-refractivity contribution in [2.75, 3.05) is 0 Å². The summed E-state index contributed by atoms with van der Waals surface area (Å²) in [6.45, 7) is 0. The molecule has 0 saturated carbocycles. The van der Waals surface area contributed by atoms with Gasteiger partial charge in [0.2, 0.25) is 0 Å². The van der Waals surface area contributed by atoms with Crippen LogP contribution in [0.5, 0.6) is 0 Å². The number of halogens is 3. The predicted molar refractivity (Wildman–Crippen MR) is 62.2 cm³/mol. The zero-order valence-corrected chi connectivity index (χ0v) is 9.34. The van der Waals surface area contributed by atoms with Gasteiger partial charge in [-0.05, 0) is 29.8 Å². The molecule has 17 heavy (non-hydrogen) atoms. The van der Waals surface area contributed by atoms with E-state index in [-0.39, 0.29) is 11.1 Å². The Kier molecular flexibility index (Phi) is 3.20. The van der Waals surface area contributed by atoms with Crippen LogP contribution in [0.25, 0.3) is 11.1 Å². The maximum atomic E-state index is 13.5. The summed E-state index contributed by atoms with van der Waals surface area (Å²) >= 11 is 5.76. The summed E-state index contributed by atoms with van der Waals surface area (Å²) in [5.74, 6) is -1.32. The summed E-state index contributed by atoms with van der Waals surface area (Å²) in [6.07, 6.45) is 0.591. The molecule has 2 aromatic rings. The lowest BCUT2D eigenvalue weighted by Crippen LogP contribution is -1.89. The average molecular weight is 253 g/mol. The van der Waals surface area contributed by atoms with Crippen LogP contribution < -0.4 is 0 Å². The predicted octanol–water partition coefficient (Wildman–Crippen LogP) is 4.10. The summed E-state index contributed by atoms with van der Waals surface area (Å²) < 4.78 is 26.3. The van der Waals surface area contributed by atoms with Crippen LogP contribution in [0.4, 0.5) is 8.78 Å². The molecule has 0 amide bonds. The second kappa shape index (κ2) is 4.63. The fourth-order valence-electron chi connectivity index (χ4n) is 1.53. The SMILES string of the molecule is O=Cc1cc(-c2ccc(F)cc2F)ccc1Cl. The number of rotatable bonds is 2. The van der Waals surface area contributed by atoms with E-state index < -0.39 is 11.6 Å². The topological polar surface area (TPSA) is 17.1 Å². The van der Waals surface area contributed by atoms with Crippen molar-refractivity contribution in [2.24, 2.45) is 0 Å². The molecule has 86 valence electrons. The van der Waals surface area contributed by atoms with Gasteiger partial charge < -0.3 is 0 Å². The molecule has 2 aromatic carbocycles. The molecule has 0 bridgehead atoms. The summed E-state index contributed by atoms with van der Waals surface area (Å²) in [5, 5.41) is 0.297. The number of hydrogen-bond acceptors (Lipinski definition) is 1. The van der Waals surface area contributed by atoms with Crippen LogP contribution in [-0.2, 0) is 0 Å². The molecular formula is C13H7ClF2O. The summed E-state index contributed by atoms with van der Waals surface area (Å²) in [6, 6.07) is 7.82. The van der Waals surface area contributed by atoms with Crippen molar-refractivity contribution in [3.05, 3.63) is 58.6 Å². The van der Waals surface area contributed by atoms with Crippen molar-refractivity contribution in [3.63, 3.8) is 0 Å². The first-order chi connectivity index (χ1) is 8.11. The third-order valence-electron chi connectivity index (χ3n) is 2.37. The van der Waals surface area contributed by atoms with Gasteiger partial charge in [0, 0.05) is 17.2 Å². The van der Waals surface area contributed by atoms with Crippen LogP contribution in [0.15, 0.2) is 36.4 Å². The summed E-state index contributed by atoms with van der Waals surface area (Å²) in [4.78, 5) is 10.7. The van der Waals surface area contributed by atoms with E-state index in [1.165, 1.54) is 18.2 Å². The van der Waals surface area contributed by atoms with E-state index in [1.807, 2.05) is 0 Å². The maximum absolute atomic E-state index is 13.5. The third kappa shape index (κ3) is 2.34. The normalized spacial score (nSPS) is 10.3. The molecule has 4 heteroatoms. The maximum Gasteiger partial charge on any atom is 0.151 e. The number of aldehydes is 1. The van der Waals surface area contributed by atoms with Gasteiger partial charge in [-0.3, -0.25) is 4.79 Å². The first-order valence-corrected chi connectivity index (χ1v) is 5.20. The Morgan fingerprint density at radius 1 is 1.06 bits per heavy atom. The standard InChI is InChI=1S/C13H7ClF2O/c14-12-4-1-8(5-9(12)7-17)11-3-2-10(15)6-13(11)16/h1-7H. The van der Waals surface area contributed by atoms with Gasteiger partial charge >= 0.3 is 0 Å². The molecule has 2 rings (SSSR count). The molecule has 0 radical (unpaired) electrons. The molecule has 0 aliphatic carbocycles. The van der Waals surface area contributed by atoms with Gasteiger partial charge in [0.15, 0.2) is 6.29 Å². The minimum absolute atomic E-state index is 0.228. The molecule has 0 unspecified atom stereocenters. The van der Waals surface area contributed by atoms with Crippen molar-refractivity contribution in [3.8, 4) is 11.1 Å². The molecule has 0 spiro atoms. The quantitative estimate of drug-likeness (QED) is 0.736. The first kappa shape index (κ1) is 11.7. The Hall–Kier alpha value is -1.74. The van der Waals surface area contributed by atoms with E-state index in [4.69, 9.17) is 11.6 Å². The first-order valence-electron chi connectivity index (χ1n) is 4.82. The largest absolute Gasteiger partial charge is 0.298 e. The number of benzene rings is 2. The number of carbonyl (C=O) groups is 1. The number of carbonyl (C=O) groups excluding carboxylic acids is 1. The van der Waals surface area contributed by atoms with E-state index >= 15 is 0 Å². The second-order valence-corrected chi connectivity index (χ2v) is 3.89. The highest BCUT2D eigenvalue weighted by atomic mass is 35.5.